The molecule has 1 N–H and O–H groups in total. The van der Waals surface area contributed by atoms with E-state index in [0.717, 1.165) is 22.1 Å². The van der Waals surface area contributed by atoms with E-state index >= 15 is 0 Å². The van der Waals surface area contributed by atoms with Gasteiger partial charge in [0.25, 0.3) is 5.22 Å². The zero-order valence-electron chi connectivity index (χ0n) is 14.8. The molecule has 0 bridgehead atoms. The molecule has 0 amide bonds. The van der Waals surface area contributed by atoms with Crippen molar-refractivity contribution in [1.29, 1.82) is 0 Å². The molecule has 5 nitrogen and oxygen atoms in total. The maximum absolute atomic E-state index is 10.2. The minimum atomic E-state index is -0.671. The Morgan fingerprint density at radius 1 is 1.00 bits per heavy atom. The molecule has 0 aliphatic carbocycles. The van der Waals surface area contributed by atoms with Crippen LogP contribution in [-0.4, -0.2) is 33.8 Å². The molecule has 0 fully saturated rings. The lowest BCUT2D eigenvalue weighted by molar-refractivity contribution is 0.127. The number of fused-ring (bicyclic) bond motifs is 1. The quantitative estimate of drug-likeness (QED) is 0.427. The Bertz CT molecular complexity index is 1060. The Morgan fingerprint density at radius 2 is 1.79 bits per heavy atom. The minimum Gasteiger partial charge on any atom is -0.490 e. The largest absolute Gasteiger partial charge is 0.490 e. The molecule has 0 saturated carbocycles. The van der Waals surface area contributed by atoms with Gasteiger partial charge in [-0.25, -0.2) is 0 Å². The number of rotatable bonds is 7. The van der Waals surface area contributed by atoms with Crippen LogP contribution in [0.1, 0.15) is 0 Å². The van der Waals surface area contributed by atoms with Gasteiger partial charge in [0.05, 0.1) is 6.10 Å². The molecule has 0 spiro atoms. The van der Waals surface area contributed by atoms with Gasteiger partial charge in [0.2, 0.25) is 5.89 Å². The lowest BCUT2D eigenvalue weighted by Gasteiger charge is -2.13. The number of hydrogen-bond acceptors (Lipinski definition) is 6. The van der Waals surface area contributed by atoms with E-state index in [1.54, 1.807) is 12.1 Å². The van der Waals surface area contributed by atoms with Gasteiger partial charge in [-0.3, -0.25) is 0 Å². The van der Waals surface area contributed by atoms with Crippen LogP contribution in [0.5, 0.6) is 5.75 Å². The smallest absolute Gasteiger partial charge is 0.276 e. The average Bonchev–Trinajstić information content (AvgIpc) is 3.20. The summed E-state index contributed by atoms with van der Waals surface area (Å²) in [7, 11) is 0. The summed E-state index contributed by atoms with van der Waals surface area (Å²) in [5, 5.41) is 21.5. The molecule has 1 aromatic heterocycles. The standard InChI is InChI=1S/C21H17ClN2O3S/c22-16-10-8-15(9-11-16)20-23-24-21(27-20)28-13-17(25)12-26-19-7-3-5-14-4-1-2-6-18(14)19/h1-11,17,25H,12-13H2/t17-/m0/s1. The predicted molar refractivity (Wildman–Crippen MR) is 111 cm³/mol. The molecule has 0 radical (unpaired) electrons. The summed E-state index contributed by atoms with van der Waals surface area (Å²) < 4.78 is 11.4. The summed E-state index contributed by atoms with van der Waals surface area (Å²) in [6.07, 6.45) is -0.671. The van der Waals surface area contributed by atoms with Gasteiger partial charge in [-0.2, -0.15) is 0 Å². The first kappa shape index (κ1) is 18.8. The number of nitrogens with zero attached hydrogens (tertiary/aromatic N) is 2. The highest BCUT2D eigenvalue weighted by Gasteiger charge is 2.13. The van der Waals surface area contributed by atoms with E-state index in [0.29, 0.717) is 21.9 Å². The number of benzene rings is 3. The van der Waals surface area contributed by atoms with E-state index in [-0.39, 0.29) is 6.61 Å². The molecule has 0 unspecified atom stereocenters. The van der Waals surface area contributed by atoms with Crippen LogP contribution >= 0.6 is 23.4 Å². The fourth-order valence-corrected chi connectivity index (χ4v) is 3.49. The van der Waals surface area contributed by atoms with Crippen molar-refractivity contribution in [1.82, 2.24) is 10.2 Å². The minimum absolute atomic E-state index is 0.180. The van der Waals surface area contributed by atoms with Gasteiger partial charge in [0, 0.05) is 21.7 Å². The first-order chi connectivity index (χ1) is 13.7. The van der Waals surface area contributed by atoms with E-state index in [1.165, 1.54) is 11.8 Å². The van der Waals surface area contributed by atoms with Gasteiger partial charge < -0.3 is 14.3 Å². The Balaban J connectivity index is 1.32. The molecular formula is C21H17ClN2O3S. The van der Waals surface area contributed by atoms with Gasteiger partial charge in [-0.15, -0.1) is 10.2 Å². The normalized spacial score (nSPS) is 12.2. The number of ether oxygens (including phenoxy) is 1. The third-order valence-electron chi connectivity index (χ3n) is 4.08. The Kier molecular flexibility index (Phi) is 5.81. The van der Waals surface area contributed by atoms with Gasteiger partial charge in [-0.05, 0) is 35.7 Å². The maximum atomic E-state index is 10.2. The third-order valence-corrected chi connectivity index (χ3v) is 5.29. The third kappa shape index (κ3) is 4.47. The summed E-state index contributed by atoms with van der Waals surface area (Å²) in [6.45, 7) is 0.180. The summed E-state index contributed by atoms with van der Waals surface area (Å²) in [4.78, 5) is 0. The fourth-order valence-electron chi connectivity index (χ4n) is 2.70. The predicted octanol–water partition coefficient (Wildman–Crippen LogP) is 5.08. The topological polar surface area (TPSA) is 68.4 Å². The van der Waals surface area contributed by atoms with Crippen LogP contribution in [-0.2, 0) is 0 Å². The number of aromatic nitrogens is 2. The first-order valence-corrected chi connectivity index (χ1v) is 10.1. The van der Waals surface area contributed by atoms with Gasteiger partial charge in [0.1, 0.15) is 12.4 Å². The van der Waals surface area contributed by atoms with Crippen LogP contribution in [0, 0.1) is 0 Å². The van der Waals surface area contributed by atoms with E-state index in [2.05, 4.69) is 10.2 Å². The van der Waals surface area contributed by atoms with E-state index in [1.807, 2.05) is 54.6 Å². The second-order valence-corrected chi connectivity index (χ2v) is 7.54. The monoisotopic (exact) mass is 412 g/mol. The summed E-state index contributed by atoms with van der Waals surface area (Å²) >= 11 is 7.17. The van der Waals surface area contributed by atoms with Crippen LogP contribution < -0.4 is 4.74 Å². The van der Waals surface area contributed by atoms with E-state index < -0.39 is 6.10 Å². The van der Waals surface area contributed by atoms with Crippen molar-refractivity contribution >= 4 is 34.1 Å². The first-order valence-electron chi connectivity index (χ1n) is 8.70. The molecule has 4 aromatic rings. The average molecular weight is 413 g/mol. The summed E-state index contributed by atoms with van der Waals surface area (Å²) in [6, 6.07) is 21.0. The lowest BCUT2D eigenvalue weighted by atomic mass is 10.1. The highest BCUT2D eigenvalue weighted by Crippen LogP contribution is 2.27. The molecule has 1 atom stereocenters. The molecule has 0 aliphatic heterocycles. The molecule has 4 rings (SSSR count). The Morgan fingerprint density at radius 3 is 2.64 bits per heavy atom. The number of thioether (sulfide) groups is 1. The molecule has 7 heteroatoms. The van der Waals surface area contributed by atoms with Gasteiger partial charge in [0.15, 0.2) is 0 Å². The van der Waals surface area contributed by atoms with Crippen molar-refractivity contribution < 1.29 is 14.3 Å². The van der Waals surface area contributed by atoms with Crippen LogP contribution in [0.25, 0.3) is 22.2 Å². The van der Waals surface area contributed by atoms with Crippen LogP contribution in [0.3, 0.4) is 0 Å². The van der Waals surface area contributed by atoms with Crippen molar-refractivity contribution in [3.05, 3.63) is 71.8 Å². The maximum Gasteiger partial charge on any atom is 0.276 e. The van der Waals surface area contributed by atoms with E-state index in [9.17, 15) is 5.11 Å². The highest BCUT2D eigenvalue weighted by atomic mass is 35.5. The molecule has 1 heterocycles. The summed E-state index contributed by atoms with van der Waals surface area (Å²) in [5.41, 5.74) is 0.795. The van der Waals surface area contributed by atoms with Crippen molar-refractivity contribution in [3.63, 3.8) is 0 Å². The van der Waals surface area contributed by atoms with E-state index in [4.69, 9.17) is 20.8 Å². The summed E-state index contributed by atoms with van der Waals surface area (Å²) in [5.74, 6) is 1.55. The van der Waals surface area contributed by atoms with Crippen LogP contribution in [0.15, 0.2) is 76.4 Å². The molecule has 142 valence electrons. The fraction of sp³-hybridized carbons (Fsp3) is 0.143. The number of aliphatic hydroxyl groups is 1. The molecule has 28 heavy (non-hydrogen) atoms. The SMILES string of the molecule is O[C@@H](COc1cccc2ccccc12)CSc1nnc(-c2ccc(Cl)cc2)o1. The van der Waals surface area contributed by atoms with Crippen molar-refractivity contribution in [2.75, 3.05) is 12.4 Å². The van der Waals surface area contributed by atoms with Crippen molar-refractivity contribution in [2.24, 2.45) is 0 Å². The number of halogens is 1. The highest BCUT2D eigenvalue weighted by molar-refractivity contribution is 7.99. The second kappa shape index (κ2) is 8.65. The second-order valence-electron chi connectivity index (χ2n) is 6.13. The zero-order valence-corrected chi connectivity index (χ0v) is 16.4. The Hall–Kier alpha value is -2.54. The van der Waals surface area contributed by atoms with Crippen LogP contribution in [0.2, 0.25) is 5.02 Å². The lowest BCUT2D eigenvalue weighted by Crippen LogP contribution is -2.20. The Labute approximate surface area is 171 Å². The molecular weight excluding hydrogens is 396 g/mol. The molecule has 0 saturated heterocycles. The molecule has 0 aliphatic rings. The van der Waals surface area contributed by atoms with Crippen molar-refractivity contribution in [3.8, 4) is 17.2 Å². The zero-order chi connectivity index (χ0) is 19.3. The number of aliphatic hydroxyl groups excluding tert-OH is 1. The molecule has 3 aromatic carbocycles. The number of hydrogen-bond donors (Lipinski definition) is 1. The van der Waals surface area contributed by atoms with Crippen molar-refractivity contribution in [2.45, 2.75) is 11.3 Å². The van der Waals surface area contributed by atoms with Gasteiger partial charge >= 0.3 is 0 Å². The van der Waals surface area contributed by atoms with Crippen LogP contribution in [0.4, 0.5) is 0 Å². The van der Waals surface area contributed by atoms with Gasteiger partial charge in [-0.1, -0.05) is 59.8 Å².